The molecule has 28 heavy (non-hydrogen) atoms. The van der Waals surface area contributed by atoms with Gasteiger partial charge in [0.05, 0.1) is 4.90 Å². The van der Waals surface area contributed by atoms with Crippen LogP contribution in [-0.2, 0) is 24.3 Å². The van der Waals surface area contributed by atoms with Crippen LogP contribution in [0, 0.1) is 6.92 Å². The summed E-state index contributed by atoms with van der Waals surface area (Å²) in [7, 11) is -3.62. The number of amides is 1. The largest absolute Gasteiger partial charge is 0.452 e. The summed E-state index contributed by atoms with van der Waals surface area (Å²) >= 11 is 0. The molecule has 0 spiro atoms. The predicted molar refractivity (Wildman–Crippen MR) is 107 cm³/mol. The van der Waals surface area contributed by atoms with Gasteiger partial charge in [-0.2, -0.15) is 4.31 Å². The minimum absolute atomic E-state index is 0.189. The van der Waals surface area contributed by atoms with Gasteiger partial charge in [0.2, 0.25) is 10.0 Å². The van der Waals surface area contributed by atoms with Gasteiger partial charge in [-0.1, -0.05) is 24.5 Å². The highest BCUT2D eigenvalue weighted by atomic mass is 32.2. The lowest BCUT2D eigenvalue weighted by atomic mass is 10.2. The molecule has 1 saturated heterocycles. The van der Waals surface area contributed by atoms with E-state index in [2.05, 4.69) is 5.32 Å². The zero-order chi connectivity index (χ0) is 20.7. The summed E-state index contributed by atoms with van der Waals surface area (Å²) in [5, 5.41) is 2.59. The number of benzene rings is 1. The molecule has 1 N–H and O–H groups in total. The van der Waals surface area contributed by atoms with Crippen LogP contribution >= 0.6 is 0 Å². The van der Waals surface area contributed by atoms with Crippen LogP contribution in [0.25, 0.3) is 0 Å². The van der Waals surface area contributed by atoms with Crippen LogP contribution in [0.2, 0.25) is 0 Å². The molecular formula is C20H28N2O5S. The van der Waals surface area contributed by atoms with Crippen LogP contribution < -0.4 is 5.32 Å². The van der Waals surface area contributed by atoms with Crippen molar-refractivity contribution in [2.45, 2.75) is 51.3 Å². The van der Waals surface area contributed by atoms with Crippen molar-refractivity contribution in [2.24, 2.45) is 0 Å². The zero-order valence-corrected chi connectivity index (χ0v) is 17.5. The number of carbonyl (C=O) groups excluding carboxylic acids is 2. The fourth-order valence-electron chi connectivity index (χ4n) is 2.99. The maximum Gasteiger partial charge on any atom is 0.331 e. The third kappa shape index (κ3) is 6.17. The van der Waals surface area contributed by atoms with Gasteiger partial charge in [0.1, 0.15) is 0 Å². The lowest BCUT2D eigenvalue weighted by Gasteiger charge is -2.21. The van der Waals surface area contributed by atoms with Gasteiger partial charge in [0.25, 0.3) is 5.91 Å². The van der Waals surface area contributed by atoms with Gasteiger partial charge in [0, 0.05) is 24.9 Å². The number of nitrogens with one attached hydrogen (secondary N) is 1. The van der Waals surface area contributed by atoms with Gasteiger partial charge in [-0.05, 0) is 51.3 Å². The molecule has 1 aliphatic heterocycles. The van der Waals surface area contributed by atoms with E-state index in [1.807, 2.05) is 0 Å². The van der Waals surface area contributed by atoms with Gasteiger partial charge < -0.3 is 10.1 Å². The Morgan fingerprint density at radius 1 is 1.14 bits per heavy atom. The Morgan fingerprint density at radius 2 is 1.79 bits per heavy atom. The number of anilines is 1. The first-order valence-corrected chi connectivity index (χ1v) is 10.9. The number of hydrogen-bond acceptors (Lipinski definition) is 5. The van der Waals surface area contributed by atoms with E-state index >= 15 is 0 Å². The Balaban J connectivity index is 2.11. The molecule has 1 heterocycles. The molecule has 0 saturated carbocycles. The summed E-state index contributed by atoms with van der Waals surface area (Å²) in [5.41, 5.74) is 1.74. The van der Waals surface area contributed by atoms with Crippen LogP contribution in [-0.4, -0.2) is 44.3 Å². The van der Waals surface area contributed by atoms with Crippen molar-refractivity contribution < 1.29 is 22.7 Å². The van der Waals surface area contributed by atoms with E-state index in [-0.39, 0.29) is 4.90 Å². The number of nitrogens with zero attached hydrogens (tertiary/aromatic N) is 1. The van der Waals surface area contributed by atoms with Gasteiger partial charge in [-0.25, -0.2) is 13.2 Å². The Hall–Kier alpha value is -2.19. The van der Waals surface area contributed by atoms with Crippen molar-refractivity contribution in [1.29, 1.82) is 0 Å². The van der Waals surface area contributed by atoms with Crippen LogP contribution in [0.1, 0.15) is 45.1 Å². The van der Waals surface area contributed by atoms with Crippen LogP contribution in [0.5, 0.6) is 0 Å². The number of esters is 1. The van der Waals surface area contributed by atoms with E-state index in [0.29, 0.717) is 24.3 Å². The Labute approximate surface area is 166 Å². The lowest BCUT2D eigenvalue weighted by molar-refractivity contribution is -0.142. The van der Waals surface area contributed by atoms with Crippen LogP contribution in [0.3, 0.4) is 0 Å². The van der Waals surface area contributed by atoms with Gasteiger partial charge in [0.15, 0.2) is 6.61 Å². The van der Waals surface area contributed by atoms with E-state index in [4.69, 9.17) is 4.74 Å². The van der Waals surface area contributed by atoms with Crippen LogP contribution in [0.15, 0.2) is 34.7 Å². The first-order valence-electron chi connectivity index (χ1n) is 9.42. The number of sulfonamides is 1. The highest BCUT2D eigenvalue weighted by Gasteiger charge is 2.27. The molecule has 1 fully saturated rings. The van der Waals surface area contributed by atoms with Crippen molar-refractivity contribution in [1.82, 2.24) is 4.31 Å². The van der Waals surface area contributed by atoms with Crippen LogP contribution in [0.4, 0.5) is 5.69 Å². The normalized spacial score (nSPS) is 15.4. The number of rotatable bonds is 6. The minimum Gasteiger partial charge on any atom is -0.452 e. The van der Waals surface area contributed by atoms with E-state index in [0.717, 1.165) is 31.3 Å². The second-order valence-electron chi connectivity index (χ2n) is 7.18. The molecule has 1 aromatic rings. The fourth-order valence-corrected chi connectivity index (χ4v) is 4.76. The SMILES string of the molecule is CC(C)=CC(=O)OCC(=O)Nc1ccc(C)c(S(=O)(=O)N2CCCCCC2)c1. The topological polar surface area (TPSA) is 92.8 Å². The molecule has 1 aliphatic rings. The predicted octanol–water partition coefficient (Wildman–Crippen LogP) is 3.01. The summed E-state index contributed by atoms with van der Waals surface area (Å²) in [4.78, 5) is 23.7. The zero-order valence-electron chi connectivity index (χ0n) is 16.7. The molecule has 154 valence electrons. The first-order chi connectivity index (χ1) is 13.2. The van der Waals surface area contributed by atoms with Gasteiger partial charge in [-0.3, -0.25) is 4.79 Å². The smallest absolute Gasteiger partial charge is 0.331 e. The minimum atomic E-state index is -3.62. The second-order valence-corrected chi connectivity index (χ2v) is 9.08. The number of aryl methyl sites for hydroxylation is 1. The molecule has 8 heteroatoms. The number of ether oxygens (including phenoxy) is 1. The van der Waals surface area contributed by atoms with E-state index in [1.54, 1.807) is 32.9 Å². The number of carbonyl (C=O) groups is 2. The summed E-state index contributed by atoms with van der Waals surface area (Å²) in [5.74, 6) is -1.12. The first kappa shape index (κ1) is 22.1. The highest BCUT2D eigenvalue weighted by molar-refractivity contribution is 7.89. The standard InChI is InChI=1S/C20H28N2O5S/c1-15(2)12-20(24)27-14-19(23)21-17-9-8-16(3)18(13-17)28(25,26)22-10-6-4-5-7-11-22/h8-9,12-13H,4-7,10-11,14H2,1-3H3,(H,21,23). The monoisotopic (exact) mass is 408 g/mol. The molecule has 0 unspecified atom stereocenters. The molecular weight excluding hydrogens is 380 g/mol. The molecule has 0 aromatic heterocycles. The summed E-state index contributed by atoms with van der Waals surface area (Å²) in [6.07, 6.45) is 5.07. The Bertz CT molecular complexity index is 849. The molecule has 1 amide bonds. The molecule has 0 atom stereocenters. The quantitative estimate of drug-likeness (QED) is 0.577. The van der Waals surface area contributed by atoms with E-state index in [1.165, 1.54) is 16.4 Å². The van der Waals surface area contributed by atoms with Crippen molar-refractivity contribution in [3.05, 3.63) is 35.4 Å². The van der Waals surface area contributed by atoms with Crippen molar-refractivity contribution >= 4 is 27.6 Å². The molecule has 2 rings (SSSR count). The maximum absolute atomic E-state index is 13.1. The molecule has 0 radical (unpaired) electrons. The fraction of sp³-hybridized carbons (Fsp3) is 0.500. The van der Waals surface area contributed by atoms with Gasteiger partial charge >= 0.3 is 5.97 Å². The average Bonchev–Trinajstić information content (AvgIpc) is 2.91. The third-order valence-corrected chi connectivity index (χ3v) is 6.45. The molecule has 7 nitrogen and oxygen atoms in total. The Morgan fingerprint density at radius 3 is 2.39 bits per heavy atom. The Kier molecular flexibility index (Phi) is 7.77. The average molecular weight is 409 g/mol. The highest BCUT2D eigenvalue weighted by Crippen LogP contribution is 2.25. The summed E-state index contributed by atoms with van der Waals surface area (Å²) in [6, 6.07) is 4.76. The summed E-state index contributed by atoms with van der Waals surface area (Å²) in [6.45, 7) is 5.82. The van der Waals surface area contributed by atoms with E-state index < -0.39 is 28.5 Å². The van der Waals surface area contributed by atoms with Gasteiger partial charge in [-0.15, -0.1) is 0 Å². The molecule has 1 aromatic carbocycles. The third-order valence-electron chi connectivity index (χ3n) is 4.41. The maximum atomic E-state index is 13.1. The number of hydrogen-bond donors (Lipinski definition) is 1. The molecule has 0 bridgehead atoms. The van der Waals surface area contributed by atoms with Crippen molar-refractivity contribution in [2.75, 3.05) is 25.0 Å². The van der Waals surface area contributed by atoms with Crippen molar-refractivity contribution in [3.63, 3.8) is 0 Å². The van der Waals surface area contributed by atoms with Crippen molar-refractivity contribution in [3.8, 4) is 0 Å². The molecule has 0 aliphatic carbocycles. The van der Waals surface area contributed by atoms with E-state index in [9.17, 15) is 18.0 Å². The second kappa shape index (κ2) is 9.84. The number of allylic oxidation sites excluding steroid dienone is 1. The lowest BCUT2D eigenvalue weighted by Crippen LogP contribution is -2.32. The summed E-state index contributed by atoms with van der Waals surface area (Å²) < 4.78 is 32.5.